The molecule has 1 atom stereocenters. The number of halogens is 2. The first-order chi connectivity index (χ1) is 8.00. The predicted molar refractivity (Wildman–Crippen MR) is 54.1 cm³/mol. The number of nitrogens with zero attached hydrogens (tertiary/aromatic N) is 1. The van der Waals surface area contributed by atoms with E-state index >= 15 is 0 Å². The molecule has 1 aliphatic heterocycles. The minimum atomic E-state index is -0.942. The number of β-amino-alcohol motifs (C(OH)–C–C–N with tert-alkyl or cyclic N) is 1. The molecule has 0 spiro atoms. The normalized spacial score (nSPS) is 19.8. The van der Waals surface area contributed by atoms with Gasteiger partial charge in [0.1, 0.15) is 29.9 Å². The summed E-state index contributed by atoms with van der Waals surface area (Å²) in [4.78, 5) is 16.6. The van der Waals surface area contributed by atoms with Crippen LogP contribution in [0.1, 0.15) is 15.9 Å². The van der Waals surface area contributed by atoms with Gasteiger partial charge in [-0.15, -0.1) is 0 Å². The monoisotopic (exact) mass is 243 g/mol. The molecule has 1 unspecified atom stereocenters. The fraction of sp³-hybridized carbons (Fsp3) is 0.364. The van der Waals surface area contributed by atoms with Gasteiger partial charge >= 0.3 is 0 Å². The van der Waals surface area contributed by atoms with Crippen molar-refractivity contribution in [3.05, 3.63) is 34.9 Å². The maximum atomic E-state index is 13.7. The Balaban J connectivity index is 2.34. The first kappa shape index (κ1) is 11.9. The summed E-state index contributed by atoms with van der Waals surface area (Å²) in [5.41, 5.74) is -0.478. The Hall–Kier alpha value is -1.53. The Labute approximate surface area is 96.4 Å². The molecule has 1 amide bonds. The average molecular weight is 243 g/mol. The van der Waals surface area contributed by atoms with Crippen molar-refractivity contribution in [2.75, 3.05) is 13.2 Å². The van der Waals surface area contributed by atoms with Crippen LogP contribution in [0.15, 0.2) is 12.1 Å². The lowest BCUT2D eigenvalue weighted by molar-refractivity contribution is -0.0784. The molecule has 1 aromatic carbocycles. The van der Waals surface area contributed by atoms with Crippen molar-refractivity contribution in [2.24, 2.45) is 0 Å². The number of carbonyl (C=O) groups is 1. The minimum Gasteiger partial charge on any atom is -0.389 e. The molecule has 4 nitrogen and oxygen atoms in total. The van der Waals surface area contributed by atoms with E-state index in [9.17, 15) is 18.7 Å². The first-order valence-electron chi connectivity index (χ1n) is 5.08. The summed E-state index contributed by atoms with van der Waals surface area (Å²) in [6.45, 7) is 1.29. The summed E-state index contributed by atoms with van der Waals surface area (Å²) in [5, 5.41) is 9.95. The van der Waals surface area contributed by atoms with E-state index in [0.29, 0.717) is 0 Å². The van der Waals surface area contributed by atoms with Crippen molar-refractivity contribution in [3.8, 4) is 0 Å². The number of rotatable bonds is 1. The van der Waals surface area contributed by atoms with Crippen LogP contribution < -0.4 is 0 Å². The fourth-order valence-corrected chi connectivity index (χ4v) is 1.59. The molecule has 92 valence electrons. The van der Waals surface area contributed by atoms with Gasteiger partial charge in [-0.25, -0.2) is 13.8 Å². The van der Waals surface area contributed by atoms with Gasteiger partial charge in [-0.1, -0.05) is 6.07 Å². The van der Waals surface area contributed by atoms with E-state index in [1.807, 2.05) is 0 Å². The lowest BCUT2D eigenvalue weighted by atomic mass is 10.1. The van der Waals surface area contributed by atoms with E-state index in [-0.39, 0.29) is 18.7 Å². The van der Waals surface area contributed by atoms with Crippen LogP contribution in [0, 0.1) is 18.6 Å². The van der Waals surface area contributed by atoms with Gasteiger partial charge in [0.15, 0.2) is 0 Å². The zero-order chi connectivity index (χ0) is 12.6. The molecule has 0 aliphatic carbocycles. The van der Waals surface area contributed by atoms with Crippen LogP contribution in [0.25, 0.3) is 0 Å². The van der Waals surface area contributed by atoms with Crippen molar-refractivity contribution in [2.45, 2.75) is 13.0 Å². The molecule has 1 saturated heterocycles. The number of amides is 1. The molecule has 1 aliphatic rings. The van der Waals surface area contributed by atoms with E-state index in [1.54, 1.807) is 0 Å². The highest BCUT2D eigenvalue weighted by Gasteiger charge is 2.31. The molecule has 0 saturated carbocycles. The SMILES string of the molecule is Cc1ccc(F)c(C(=O)N2CC(O)CO2)c1F. The molecule has 0 aromatic heterocycles. The van der Waals surface area contributed by atoms with E-state index < -0.39 is 29.2 Å². The van der Waals surface area contributed by atoms with Crippen LogP contribution in [0.4, 0.5) is 8.78 Å². The van der Waals surface area contributed by atoms with Crippen LogP contribution in [0.3, 0.4) is 0 Å². The number of aliphatic hydroxyl groups excluding tert-OH is 1. The lowest BCUT2D eigenvalue weighted by Crippen LogP contribution is -2.30. The third-order valence-corrected chi connectivity index (χ3v) is 2.52. The van der Waals surface area contributed by atoms with E-state index in [2.05, 4.69) is 0 Å². The topological polar surface area (TPSA) is 49.8 Å². The summed E-state index contributed by atoms with van der Waals surface area (Å²) < 4.78 is 27.1. The molecule has 2 rings (SSSR count). The second kappa shape index (κ2) is 4.38. The van der Waals surface area contributed by atoms with Crippen molar-refractivity contribution >= 4 is 5.91 Å². The van der Waals surface area contributed by atoms with Crippen LogP contribution >= 0.6 is 0 Å². The molecule has 0 radical (unpaired) electrons. The number of benzene rings is 1. The first-order valence-corrected chi connectivity index (χ1v) is 5.08. The Morgan fingerprint density at radius 1 is 1.53 bits per heavy atom. The zero-order valence-electron chi connectivity index (χ0n) is 9.11. The molecule has 1 heterocycles. The number of carbonyl (C=O) groups excluding carboxylic acids is 1. The smallest absolute Gasteiger partial charge is 0.283 e. The standard InChI is InChI=1S/C11H11F2NO3/c1-6-2-3-8(12)9(10(6)13)11(16)14-4-7(15)5-17-14/h2-3,7,15H,4-5H2,1H3. The predicted octanol–water partition coefficient (Wildman–Crippen LogP) is 1.02. The number of hydroxylamine groups is 2. The Morgan fingerprint density at radius 3 is 2.82 bits per heavy atom. The van der Waals surface area contributed by atoms with Gasteiger partial charge in [0.2, 0.25) is 0 Å². The highest BCUT2D eigenvalue weighted by atomic mass is 19.1. The molecular weight excluding hydrogens is 232 g/mol. The minimum absolute atomic E-state index is 0.0548. The summed E-state index contributed by atoms with van der Waals surface area (Å²) >= 11 is 0. The van der Waals surface area contributed by atoms with Crippen LogP contribution in [0.2, 0.25) is 0 Å². The zero-order valence-corrected chi connectivity index (χ0v) is 9.11. The largest absolute Gasteiger partial charge is 0.389 e. The van der Waals surface area contributed by atoms with E-state index in [0.717, 1.165) is 11.1 Å². The highest BCUT2D eigenvalue weighted by Crippen LogP contribution is 2.20. The number of aryl methyl sites for hydroxylation is 1. The van der Waals surface area contributed by atoms with E-state index in [4.69, 9.17) is 4.84 Å². The Kier molecular flexibility index (Phi) is 3.08. The summed E-state index contributed by atoms with van der Waals surface area (Å²) in [6, 6.07) is 2.28. The lowest BCUT2D eigenvalue weighted by Gasteiger charge is -2.15. The summed E-state index contributed by atoms with van der Waals surface area (Å²) in [6.07, 6.45) is -0.824. The summed E-state index contributed by atoms with van der Waals surface area (Å²) in [5.74, 6) is -2.76. The molecular formula is C11H11F2NO3. The van der Waals surface area contributed by atoms with Gasteiger partial charge in [0.25, 0.3) is 5.91 Å². The summed E-state index contributed by atoms with van der Waals surface area (Å²) in [7, 11) is 0. The molecule has 17 heavy (non-hydrogen) atoms. The van der Waals surface area contributed by atoms with Gasteiger partial charge in [-0.05, 0) is 18.6 Å². The molecule has 0 bridgehead atoms. The quantitative estimate of drug-likeness (QED) is 0.801. The number of hydrogen-bond donors (Lipinski definition) is 1. The van der Waals surface area contributed by atoms with E-state index in [1.165, 1.54) is 13.0 Å². The second-order valence-corrected chi connectivity index (χ2v) is 3.87. The number of aliphatic hydroxyl groups is 1. The van der Waals surface area contributed by atoms with Crippen LogP contribution in [0.5, 0.6) is 0 Å². The van der Waals surface area contributed by atoms with Crippen molar-refractivity contribution < 1.29 is 23.5 Å². The molecule has 1 aromatic rings. The van der Waals surface area contributed by atoms with Gasteiger partial charge in [-0.3, -0.25) is 9.63 Å². The van der Waals surface area contributed by atoms with Crippen LogP contribution in [-0.2, 0) is 4.84 Å². The van der Waals surface area contributed by atoms with Gasteiger partial charge in [0.05, 0.1) is 6.54 Å². The Bertz CT molecular complexity index is 464. The van der Waals surface area contributed by atoms with Crippen molar-refractivity contribution in [1.29, 1.82) is 0 Å². The molecule has 1 fully saturated rings. The third-order valence-electron chi connectivity index (χ3n) is 2.52. The van der Waals surface area contributed by atoms with Gasteiger partial charge in [0, 0.05) is 0 Å². The van der Waals surface area contributed by atoms with Gasteiger partial charge in [-0.2, -0.15) is 0 Å². The Morgan fingerprint density at radius 2 is 2.24 bits per heavy atom. The van der Waals surface area contributed by atoms with Gasteiger partial charge < -0.3 is 5.11 Å². The highest BCUT2D eigenvalue weighted by molar-refractivity contribution is 5.94. The second-order valence-electron chi connectivity index (χ2n) is 3.87. The maximum Gasteiger partial charge on any atom is 0.283 e. The van der Waals surface area contributed by atoms with Crippen molar-refractivity contribution in [1.82, 2.24) is 5.06 Å². The van der Waals surface area contributed by atoms with Crippen molar-refractivity contribution in [3.63, 3.8) is 0 Å². The maximum absolute atomic E-state index is 13.7. The molecule has 1 N–H and O–H groups in total. The van der Waals surface area contributed by atoms with Crippen LogP contribution in [-0.4, -0.2) is 35.3 Å². The molecule has 6 heteroatoms. The third kappa shape index (κ3) is 2.13. The number of hydrogen-bond acceptors (Lipinski definition) is 3. The average Bonchev–Trinajstić information content (AvgIpc) is 2.71. The fourth-order valence-electron chi connectivity index (χ4n) is 1.59.